The van der Waals surface area contributed by atoms with E-state index >= 15 is 0 Å². The Kier molecular flexibility index (Phi) is 54.9. The van der Waals surface area contributed by atoms with Gasteiger partial charge < -0.3 is 33.3 Å². The first-order chi connectivity index (χ1) is 36.6. The summed E-state index contributed by atoms with van der Waals surface area (Å²) >= 11 is 0. The van der Waals surface area contributed by atoms with Gasteiger partial charge in [0.15, 0.2) is 12.4 Å². The minimum absolute atomic E-state index is 0.148. The number of ether oxygens (including phenoxy) is 4. The van der Waals surface area contributed by atoms with Gasteiger partial charge in [-0.05, 0) is 57.8 Å². The van der Waals surface area contributed by atoms with Gasteiger partial charge in [0.1, 0.15) is 13.2 Å². The fourth-order valence-corrected chi connectivity index (χ4v) is 8.98. The minimum Gasteiger partial charge on any atom is -0.545 e. The van der Waals surface area contributed by atoms with E-state index in [-0.39, 0.29) is 32.2 Å². The number of quaternary nitrogens is 1. The molecule has 0 saturated carbocycles. The van der Waals surface area contributed by atoms with Crippen molar-refractivity contribution in [3.8, 4) is 0 Å². The molecule has 0 saturated heterocycles. The molecule has 2 unspecified atom stereocenters. The predicted molar refractivity (Wildman–Crippen MR) is 315 cm³/mol. The zero-order valence-corrected chi connectivity index (χ0v) is 49.7. The van der Waals surface area contributed by atoms with Crippen LogP contribution in [0.25, 0.3) is 0 Å². The third kappa shape index (κ3) is 58.5. The average molecular weight is 1050 g/mol. The van der Waals surface area contributed by atoms with Gasteiger partial charge in [-0.2, -0.15) is 0 Å². The van der Waals surface area contributed by atoms with Gasteiger partial charge in [0.25, 0.3) is 0 Å². The van der Waals surface area contributed by atoms with Crippen molar-refractivity contribution in [2.75, 3.05) is 47.5 Å². The maximum Gasteiger partial charge on any atom is 0.306 e. The lowest BCUT2D eigenvalue weighted by molar-refractivity contribution is -0.870. The average Bonchev–Trinajstić information content (AvgIpc) is 3.38. The number of nitrogens with zero attached hydrogens (tertiary/aromatic N) is 1. The summed E-state index contributed by atoms with van der Waals surface area (Å²) in [6, 6.07) is 0. The molecule has 0 aliphatic carbocycles. The van der Waals surface area contributed by atoms with Gasteiger partial charge in [-0.25, -0.2) is 0 Å². The van der Waals surface area contributed by atoms with E-state index in [1.54, 1.807) is 0 Å². The van der Waals surface area contributed by atoms with Crippen LogP contribution in [0.5, 0.6) is 0 Å². The Bertz CT molecular complexity index is 1410. The topological polar surface area (TPSA) is 111 Å². The van der Waals surface area contributed by atoms with Gasteiger partial charge >= 0.3 is 11.9 Å². The Morgan fingerprint density at radius 1 is 0.413 bits per heavy atom. The molecule has 0 aliphatic heterocycles. The molecule has 2 atom stereocenters. The summed E-state index contributed by atoms with van der Waals surface area (Å²) in [7, 11) is 5.93. The number of carboxylic acids is 1. The number of carboxylic acid groups (broad SMARTS) is 1. The molecule has 0 aromatic carbocycles. The molecule has 436 valence electrons. The Morgan fingerprint density at radius 3 is 1.13 bits per heavy atom. The van der Waals surface area contributed by atoms with E-state index in [1.807, 2.05) is 21.1 Å². The number of carbonyl (C=O) groups excluding carboxylic acids is 3. The molecule has 0 spiro atoms. The zero-order chi connectivity index (χ0) is 54.8. The Hall–Kier alpha value is -3.01. The van der Waals surface area contributed by atoms with Crippen molar-refractivity contribution in [3.05, 3.63) is 60.8 Å². The number of likely N-dealkylation sites (N-methyl/N-ethyl adjacent to an activating group) is 1. The maximum atomic E-state index is 12.9. The molecule has 0 radical (unpaired) electrons. The van der Waals surface area contributed by atoms with Crippen LogP contribution in [0.2, 0.25) is 0 Å². The third-order valence-electron chi connectivity index (χ3n) is 13.8. The number of hydrogen-bond donors (Lipinski definition) is 0. The molecule has 0 bridgehead atoms. The number of esters is 2. The van der Waals surface area contributed by atoms with E-state index in [0.29, 0.717) is 23.9 Å². The van der Waals surface area contributed by atoms with Crippen LogP contribution >= 0.6 is 0 Å². The Balaban J connectivity index is 4.17. The van der Waals surface area contributed by atoms with Crippen molar-refractivity contribution < 1.29 is 42.9 Å². The van der Waals surface area contributed by atoms with Crippen molar-refractivity contribution in [1.29, 1.82) is 0 Å². The summed E-state index contributed by atoms with van der Waals surface area (Å²) in [5, 5.41) is 11.8. The molecule has 0 aromatic heterocycles. The van der Waals surface area contributed by atoms with Gasteiger partial charge in [0.05, 0.1) is 40.3 Å². The SMILES string of the molecule is CC/C=C\C/C=C\C/C=C\C/C=C\C/C=C\CCCCCCCCCCCCCCCC(=O)OC(COC(=O)CCCCCCCCCCCCCCCCCCCCCCC)COC(OCC[N+](C)(C)C)C(=O)[O-]. The molecule has 9 nitrogen and oxygen atoms in total. The van der Waals surface area contributed by atoms with Crippen LogP contribution in [0.4, 0.5) is 0 Å². The fourth-order valence-electron chi connectivity index (χ4n) is 8.98. The van der Waals surface area contributed by atoms with E-state index in [1.165, 1.54) is 180 Å². The highest BCUT2D eigenvalue weighted by Gasteiger charge is 2.22. The van der Waals surface area contributed by atoms with E-state index in [9.17, 15) is 19.5 Å². The summed E-state index contributed by atoms with van der Waals surface area (Å²) in [6.45, 7) is 4.68. The second-order valence-corrected chi connectivity index (χ2v) is 22.3. The van der Waals surface area contributed by atoms with Gasteiger partial charge in [-0.1, -0.05) is 274 Å². The van der Waals surface area contributed by atoms with Crippen molar-refractivity contribution in [1.82, 2.24) is 0 Å². The molecule has 75 heavy (non-hydrogen) atoms. The first-order valence-corrected chi connectivity index (χ1v) is 31.4. The summed E-state index contributed by atoms with van der Waals surface area (Å²) < 4.78 is 22.8. The summed E-state index contributed by atoms with van der Waals surface area (Å²) in [4.78, 5) is 37.4. The van der Waals surface area contributed by atoms with Gasteiger partial charge in [-0.3, -0.25) is 9.59 Å². The molecule has 0 rings (SSSR count). The van der Waals surface area contributed by atoms with Crippen LogP contribution < -0.4 is 5.11 Å². The van der Waals surface area contributed by atoms with E-state index in [4.69, 9.17) is 18.9 Å². The molecule has 0 N–H and O–H groups in total. The van der Waals surface area contributed by atoms with Gasteiger partial charge in [0, 0.05) is 12.8 Å². The van der Waals surface area contributed by atoms with E-state index < -0.39 is 24.3 Å². The molecule has 9 heteroatoms. The van der Waals surface area contributed by atoms with Crippen LogP contribution in [-0.4, -0.2) is 82.3 Å². The molecule has 0 heterocycles. The number of aliphatic carboxylic acids is 1. The smallest absolute Gasteiger partial charge is 0.306 e. The fraction of sp³-hybridized carbons (Fsp3) is 0.803. The van der Waals surface area contributed by atoms with Gasteiger partial charge in [-0.15, -0.1) is 0 Å². The molecule has 0 fully saturated rings. The van der Waals surface area contributed by atoms with Crippen LogP contribution in [0.15, 0.2) is 60.8 Å². The minimum atomic E-state index is -1.62. The molecule has 0 amide bonds. The molecule has 0 aliphatic rings. The number of rotatable bonds is 58. The van der Waals surface area contributed by atoms with Crippen LogP contribution in [-0.2, 0) is 33.3 Å². The number of carbonyl (C=O) groups is 3. The number of allylic oxidation sites excluding steroid dienone is 10. The van der Waals surface area contributed by atoms with Crippen molar-refractivity contribution >= 4 is 17.9 Å². The second-order valence-electron chi connectivity index (χ2n) is 22.3. The van der Waals surface area contributed by atoms with Crippen molar-refractivity contribution in [2.45, 2.75) is 296 Å². The first-order valence-electron chi connectivity index (χ1n) is 31.4. The number of hydrogen-bond acceptors (Lipinski definition) is 8. The standard InChI is InChI=1S/C66H119NO8/c1-6-8-10-12-14-16-18-20-22-24-26-28-29-30-31-32-33-34-35-37-39-41-43-45-47-49-51-53-55-57-64(69)75-62(61-74-66(65(70)71)72-59-58-67(3,4)5)60-73-63(68)56-54-52-50-48-46-44-42-40-38-36-27-25-23-21-19-17-15-13-11-9-7-2/h8,10,14,16,20,22,26,28,30-31,62,66H,6-7,9,11-13,15,17-19,21,23-25,27,29,32-61H2,1-5H3/b10-8-,16-14-,22-20-,28-26-,31-30-. The lowest BCUT2D eigenvalue weighted by atomic mass is 10.0. The van der Waals surface area contributed by atoms with E-state index in [0.717, 1.165) is 70.6 Å². The molecular weight excluding hydrogens is 935 g/mol. The molecule has 0 aromatic rings. The second kappa shape index (κ2) is 57.2. The van der Waals surface area contributed by atoms with Crippen molar-refractivity contribution in [2.24, 2.45) is 0 Å². The monoisotopic (exact) mass is 1050 g/mol. The Morgan fingerprint density at radius 2 is 0.760 bits per heavy atom. The normalized spacial score (nSPS) is 13.1. The van der Waals surface area contributed by atoms with Crippen LogP contribution in [0, 0.1) is 0 Å². The highest BCUT2D eigenvalue weighted by atomic mass is 16.7. The summed E-state index contributed by atoms with van der Waals surface area (Å²) in [5.74, 6) is -2.27. The van der Waals surface area contributed by atoms with Crippen LogP contribution in [0.1, 0.15) is 284 Å². The lowest BCUT2D eigenvalue weighted by Crippen LogP contribution is -2.44. The van der Waals surface area contributed by atoms with Crippen LogP contribution in [0.3, 0.4) is 0 Å². The largest absolute Gasteiger partial charge is 0.545 e. The highest BCUT2D eigenvalue weighted by Crippen LogP contribution is 2.17. The lowest BCUT2D eigenvalue weighted by Gasteiger charge is -2.26. The van der Waals surface area contributed by atoms with Crippen molar-refractivity contribution in [3.63, 3.8) is 0 Å². The highest BCUT2D eigenvalue weighted by molar-refractivity contribution is 5.70. The van der Waals surface area contributed by atoms with E-state index in [2.05, 4.69) is 74.6 Å². The zero-order valence-electron chi connectivity index (χ0n) is 49.7. The predicted octanol–water partition coefficient (Wildman–Crippen LogP) is 17.5. The quantitative estimate of drug-likeness (QED) is 0.0195. The molecular formula is C66H119NO8. The maximum absolute atomic E-state index is 12.9. The van der Waals surface area contributed by atoms with Gasteiger partial charge in [0.2, 0.25) is 0 Å². The Labute approximate surface area is 463 Å². The third-order valence-corrected chi connectivity index (χ3v) is 13.8. The summed E-state index contributed by atoms with van der Waals surface area (Å²) in [6.07, 6.45) is 69.9. The first kappa shape index (κ1) is 72.0. The number of unbranched alkanes of at least 4 members (excludes halogenated alkanes) is 33. The summed E-state index contributed by atoms with van der Waals surface area (Å²) in [5.41, 5.74) is 0.